The van der Waals surface area contributed by atoms with E-state index in [1.807, 2.05) is 31.3 Å². The van der Waals surface area contributed by atoms with Gasteiger partial charge in [0.05, 0.1) is 17.6 Å². The fourth-order valence-electron chi connectivity index (χ4n) is 2.78. The molecule has 0 unspecified atom stereocenters. The van der Waals surface area contributed by atoms with Crippen LogP contribution in [0.3, 0.4) is 0 Å². The standard InChI is InChI=1S/C19H24N4O2S/c1-2-3-12-26(24,25)23-19-9-8-16(14-22-19)20-11-10-15-13-21-18-7-5-4-6-17(15)18/h4-9,13-14,20-21H,2-3,10-12H2,1H3,(H,22,23). The number of unbranched alkanes of at least 4 members (excludes halogenated alkanes) is 1. The quantitative estimate of drug-likeness (QED) is 0.534. The van der Waals surface area contributed by atoms with Gasteiger partial charge in [-0.25, -0.2) is 13.4 Å². The number of nitrogens with one attached hydrogen (secondary N) is 3. The highest BCUT2D eigenvalue weighted by Crippen LogP contribution is 2.18. The average molecular weight is 372 g/mol. The summed E-state index contributed by atoms with van der Waals surface area (Å²) in [4.78, 5) is 7.45. The van der Waals surface area contributed by atoms with E-state index in [0.717, 1.165) is 30.6 Å². The number of H-pyrrole nitrogens is 1. The Bertz CT molecular complexity index is 949. The molecular weight excluding hydrogens is 348 g/mol. The summed E-state index contributed by atoms with van der Waals surface area (Å²) in [6.45, 7) is 2.73. The Balaban J connectivity index is 1.53. The van der Waals surface area contributed by atoms with Gasteiger partial charge in [-0.1, -0.05) is 31.5 Å². The van der Waals surface area contributed by atoms with Crippen LogP contribution in [0.15, 0.2) is 48.8 Å². The zero-order valence-electron chi connectivity index (χ0n) is 14.8. The number of sulfonamides is 1. The summed E-state index contributed by atoms with van der Waals surface area (Å²) >= 11 is 0. The molecule has 3 N–H and O–H groups in total. The third-order valence-corrected chi connectivity index (χ3v) is 5.53. The second-order valence-corrected chi connectivity index (χ2v) is 8.08. The number of para-hydroxylation sites is 1. The molecular formula is C19H24N4O2S. The Morgan fingerprint density at radius 3 is 2.77 bits per heavy atom. The van der Waals surface area contributed by atoms with Gasteiger partial charge >= 0.3 is 0 Å². The predicted octanol–water partition coefficient (Wildman–Crippen LogP) is 3.76. The molecule has 0 amide bonds. The SMILES string of the molecule is CCCCS(=O)(=O)Nc1ccc(NCCc2c[nH]c3ccccc23)cn1. The maximum atomic E-state index is 11.9. The van der Waals surface area contributed by atoms with Gasteiger partial charge in [0.1, 0.15) is 5.82 Å². The molecule has 7 heteroatoms. The van der Waals surface area contributed by atoms with Crippen molar-refractivity contribution in [2.45, 2.75) is 26.2 Å². The zero-order chi connectivity index (χ0) is 18.4. The van der Waals surface area contributed by atoms with Crippen molar-refractivity contribution in [3.63, 3.8) is 0 Å². The fraction of sp³-hybridized carbons (Fsp3) is 0.316. The molecule has 6 nitrogen and oxygen atoms in total. The lowest BCUT2D eigenvalue weighted by Gasteiger charge is -2.09. The highest BCUT2D eigenvalue weighted by molar-refractivity contribution is 7.92. The number of benzene rings is 1. The van der Waals surface area contributed by atoms with E-state index in [1.54, 1.807) is 12.3 Å². The topological polar surface area (TPSA) is 86.9 Å². The van der Waals surface area contributed by atoms with E-state index in [-0.39, 0.29) is 5.75 Å². The molecule has 3 aromatic rings. The molecule has 0 fully saturated rings. The van der Waals surface area contributed by atoms with Crippen molar-refractivity contribution in [1.82, 2.24) is 9.97 Å². The normalized spacial score (nSPS) is 11.6. The number of hydrogen-bond donors (Lipinski definition) is 3. The molecule has 0 atom stereocenters. The zero-order valence-corrected chi connectivity index (χ0v) is 15.6. The lowest BCUT2D eigenvalue weighted by atomic mass is 10.1. The molecule has 0 bridgehead atoms. The molecule has 0 aliphatic carbocycles. The number of nitrogens with zero attached hydrogens (tertiary/aromatic N) is 1. The van der Waals surface area contributed by atoms with Crippen LogP contribution in [-0.2, 0) is 16.4 Å². The Hall–Kier alpha value is -2.54. The molecule has 0 radical (unpaired) electrons. The van der Waals surface area contributed by atoms with Gasteiger partial charge in [0.2, 0.25) is 10.0 Å². The Morgan fingerprint density at radius 2 is 2.00 bits per heavy atom. The van der Waals surface area contributed by atoms with Crippen LogP contribution >= 0.6 is 0 Å². The minimum atomic E-state index is -3.31. The highest BCUT2D eigenvalue weighted by atomic mass is 32.2. The summed E-state index contributed by atoms with van der Waals surface area (Å²) in [7, 11) is -3.31. The lowest BCUT2D eigenvalue weighted by molar-refractivity contribution is 0.597. The monoisotopic (exact) mass is 372 g/mol. The maximum absolute atomic E-state index is 11.9. The molecule has 0 aliphatic heterocycles. The number of pyridine rings is 1. The van der Waals surface area contributed by atoms with Gasteiger partial charge < -0.3 is 10.3 Å². The largest absolute Gasteiger partial charge is 0.383 e. The van der Waals surface area contributed by atoms with Crippen molar-refractivity contribution in [1.29, 1.82) is 0 Å². The van der Waals surface area contributed by atoms with Gasteiger partial charge in [-0.2, -0.15) is 0 Å². The van der Waals surface area contributed by atoms with E-state index >= 15 is 0 Å². The van der Waals surface area contributed by atoms with E-state index in [9.17, 15) is 8.42 Å². The van der Waals surface area contributed by atoms with Crippen molar-refractivity contribution in [2.24, 2.45) is 0 Å². The second-order valence-electron chi connectivity index (χ2n) is 6.24. The molecule has 0 saturated heterocycles. The summed E-state index contributed by atoms with van der Waals surface area (Å²) in [6.07, 6.45) is 6.05. The van der Waals surface area contributed by atoms with Gasteiger partial charge in [0.15, 0.2) is 0 Å². The third kappa shape index (κ3) is 4.76. The van der Waals surface area contributed by atoms with Crippen LogP contribution in [-0.4, -0.2) is 30.7 Å². The summed E-state index contributed by atoms with van der Waals surface area (Å²) in [5.41, 5.74) is 3.27. The van der Waals surface area contributed by atoms with Crippen molar-refractivity contribution < 1.29 is 8.42 Å². The lowest BCUT2D eigenvalue weighted by Crippen LogP contribution is -2.17. The van der Waals surface area contributed by atoms with Crippen molar-refractivity contribution in [2.75, 3.05) is 22.3 Å². The number of aromatic amines is 1. The first kappa shape index (κ1) is 18.3. The van der Waals surface area contributed by atoms with Crippen molar-refractivity contribution in [3.8, 4) is 0 Å². The van der Waals surface area contributed by atoms with Crippen LogP contribution in [0, 0.1) is 0 Å². The summed E-state index contributed by atoms with van der Waals surface area (Å²) in [5.74, 6) is 0.471. The first-order chi connectivity index (χ1) is 12.6. The fourth-order valence-corrected chi connectivity index (χ4v) is 3.99. The Kier molecular flexibility index (Phi) is 5.78. The van der Waals surface area contributed by atoms with Gasteiger partial charge in [-0.3, -0.25) is 4.72 Å². The molecule has 0 aliphatic rings. The summed E-state index contributed by atoms with van der Waals surface area (Å²) in [6, 6.07) is 11.7. The molecule has 0 saturated carbocycles. The van der Waals surface area contributed by atoms with Crippen molar-refractivity contribution >= 4 is 32.4 Å². The number of rotatable bonds is 9. The number of anilines is 2. The first-order valence-electron chi connectivity index (χ1n) is 8.83. The maximum Gasteiger partial charge on any atom is 0.233 e. The molecule has 0 spiro atoms. The molecule has 138 valence electrons. The Labute approximate surface area is 154 Å². The van der Waals surface area contributed by atoms with Gasteiger partial charge in [-0.05, 0) is 36.6 Å². The van der Waals surface area contributed by atoms with Crippen LogP contribution in [0.25, 0.3) is 10.9 Å². The predicted molar refractivity (Wildman–Crippen MR) is 107 cm³/mol. The minimum Gasteiger partial charge on any atom is -0.383 e. The van der Waals surface area contributed by atoms with Gasteiger partial charge in [0.25, 0.3) is 0 Å². The molecule has 3 rings (SSSR count). The third-order valence-electron chi connectivity index (χ3n) is 4.19. The smallest absolute Gasteiger partial charge is 0.233 e. The van der Waals surface area contributed by atoms with E-state index in [0.29, 0.717) is 12.2 Å². The minimum absolute atomic E-state index is 0.121. The van der Waals surface area contributed by atoms with Crippen LogP contribution in [0.1, 0.15) is 25.3 Å². The highest BCUT2D eigenvalue weighted by Gasteiger charge is 2.10. The molecule has 1 aromatic carbocycles. The summed E-state index contributed by atoms with van der Waals surface area (Å²) in [5, 5.41) is 4.56. The van der Waals surface area contributed by atoms with Crippen LogP contribution < -0.4 is 10.0 Å². The Morgan fingerprint density at radius 1 is 1.15 bits per heavy atom. The average Bonchev–Trinajstić information content (AvgIpc) is 3.05. The molecule has 26 heavy (non-hydrogen) atoms. The molecule has 2 aromatic heterocycles. The van der Waals surface area contributed by atoms with E-state index in [1.165, 1.54) is 10.9 Å². The number of aromatic nitrogens is 2. The van der Waals surface area contributed by atoms with E-state index in [4.69, 9.17) is 0 Å². The number of hydrogen-bond acceptors (Lipinski definition) is 4. The summed E-state index contributed by atoms with van der Waals surface area (Å²) < 4.78 is 26.3. The molecule has 2 heterocycles. The van der Waals surface area contributed by atoms with Crippen LogP contribution in [0.5, 0.6) is 0 Å². The van der Waals surface area contributed by atoms with E-state index < -0.39 is 10.0 Å². The van der Waals surface area contributed by atoms with Gasteiger partial charge in [-0.15, -0.1) is 0 Å². The first-order valence-corrected chi connectivity index (χ1v) is 10.5. The van der Waals surface area contributed by atoms with E-state index in [2.05, 4.69) is 32.1 Å². The number of fused-ring (bicyclic) bond motifs is 1. The van der Waals surface area contributed by atoms with Crippen LogP contribution in [0.4, 0.5) is 11.5 Å². The van der Waals surface area contributed by atoms with Gasteiger partial charge in [0, 0.05) is 23.6 Å². The second kappa shape index (κ2) is 8.23. The van der Waals surface area contributed by atoms with Crippen molar-refractivity contribution in [3.05, 3.63) is 54.4 Å². The van der Waals surface area contributed by atoms with Crippen LogP contribution in [0.2, 0.25) is 0 Å².